The van der Waals surface area contributed by atoms with E-state index in [1.54, 1.807) is 17.2 Å². The molecule has 1 saturated heterocycles. The van der Waals surface area contributed by atoms with Crippen molar-refractivity contribution < 1.29 is 9.53 Å². The number of pyridine rings is 1. The number of hydrogen-bond acceptors (Lipinski definition) is 5. The monoisotopic (exact) mass is 315 g/mol. The molecule has 0 spiro atoms. The first-order chi connectivity index (χ1) is 11.3. The van der Waals surface area contributed by atoms with Crippen molar-refractivity contribution in [3.63, 3.8) is 0 Å². The lowest BCUT2D eigenvalue weighted by Gasteiger charge is -2.32. The van der Waals surface area contributed by atoms with Gasteiger partial charge in [-0.25, -0.2) is 4.98 Å². The molecule has 1 aliphatic heterocycles. The third-order valence-electron chi connectivity index (χ3n) is 3.95. The maximum absolute atomic E-state index is 12.3. The Morgan fingerprint density at radius 1 is 1.39 bits per heavy atom. The highest BCUT2D eigenvalue weighted by molar-refractivity contribution is 5.76. The van der Waals surface area contributed by atoms with Gasteiger partial charge in [0.05, 0.1) is 24.9 Å². The molecule has 1 amide bonds. The topological polar surface area (TPSA) is 73.1 Å². The number of carbonyl (C=O) groups excluding carboxylic acids is 1. The number of piperidine rings is 1. The van der Waals surface area contributed by atoms with Gasteiger partial charge < -0.3 is 9.64 Å². The van der Waals surface area contributed by atoms with E-state index in [1.807, 2.05) is 23.1 Å². The second kappa shape index (κ2) is 7.82. The SMILES string of the molecule is O=C(CCn1cncn1)N1CCC[C@H](OCc2ccccn2)C1. The molecule has 1 atom stereocenters. The van der Waals surface area contributed by atoms with E-state index in [2.05, 4.69) is 15.1 Å². The summed E-state index contributed by atoms with van der Waals surface area (Å²) in [6.45, 7) is 2.52. The lowest BCUT2D eigenvalue weighted by molar-refractivity contribution is -0.135. The Hall–Kier alpha value is -2.28. The molecule has 0 saturated carbocycles. The van der Waals surface area contributed by atoms with Gasteiger partial charge in [-0.2, -0.15) is 5.10 Å². The number of nitrogens with zero attached hydrogens (tertiary/aromatic N) is 5. The summed E-state index contributed by atoms with van der Waals surface area (Å²) in [5, 5.41) is 4.01. The van der Waals surface area contributed by atoms with Gasteiger partial charge in [-0.3, -0.25) is 14.5 Å². The Morgan fingerprint density at radius 3 is 3.13 bits per heavy atom. The van der Waals surface area contributed by atoms with E-state index in [9.17, 15) is 4.79 Å². The molecule has 7 heteroatoms. The summed E-state index contributed by atoms with van der Waals surface area (Å²) in [7, 11) is 0. The molecule has 0 radical (unpaired) electrons. The van der Waals surface area contributed by atoms with Crippen LogP contribution in [0.2, 0.25) is 0 Å². The third kappa shape index (κ3) is 4.59. The minimum atomic E-state index is 0.0843. The Morgan fingerprint density at radius 2 is 2.35 bits per heavy atom. The number of aromatic nitrogens is 4. The molecule has 0 aliphatic carbocycles. The maximum Gasteiger partial charge on any atom is 0.224 e. The predicted molar refractivity (Wildman–Crippen MR) is 83.3 cm³/mol. The number of hydrogen-bond donors (Lipinski definition) is 0. The smallest absolute Gasteiger partial charge is 0.224 e. The van der Waals surface area contributed by atoms with E-state index < -0.39 is 0 Å². The molecule has 7 nitrogen and oxygen atoms in total. The summed E-state index contributed by atoms with van der Waals surface area (Å²) in [5.41, 5.74) is 0.919. The molecular weight excluding hydrogens is 294 g/mol. The summed E-state index contributed by atoms with van der Waals surface area (Å²) in [6, 6.07) is 5.79. The van der Waals surface area contributed by atoms with Crippen molar-refractivity contribution in [3.05, 3.63) is 42.7 Å². The van der Waals surface area contributed by atoms with E-state index in [1.165, 1.54) is 6.33 Å². The highest BCUT2D eigenvalue weighted by atomic mass is 16.5. The summed E-state index contributed by atoms with van der Waals surface area (Å²) in [4.78, 5) is 22.3. The molecule has 3 rings (SSSR count). The Labute approximate surface area is 135 Å². The average molecular weight is 315 g/mol. The molecule has 1 fully saturated rings. The Bertz CT molecular complexity index is 602. The maximum atomic E-state index is 12.3. The number of ether oxygens (including phenoxy) is 1. The first-order valence-corrected chi connectivity index (χ1v) is 7.93. The molecule has 3 heterocycles. The number of rotatable bonds is 6. The normalized spacial score (nSPS) is 18.1. The van der Waals surface area contributed by atoms with Crippen molar-refractivity contribution >= 4 is 5.91 Å². The largest absolute Gasteiger partial charge is 0.370 e. The van der Waals surface area contributed by atoms with Gasteiger partial charge in [0.2, 0.25) is 5.91 Å². The van der Waals surface area contributed by atoms with Crippen LogP contribution >= 0.6 is 0 Å². The van der Waals surface area contributed by atoms with Crippen molar-refractivity contribution in [1.29, 1.82) is 0 Å². The zero-order valence-corrected chi connectivity index (χ0v) is 13.0. The van der Waals surface area contributed by atoms with Gasteiger partial charge >= 0.3 is 0 Å². The van der Waals surface area contributed by atoms with Gasteiger partial charge in [0.25, 0.3) is 0 Å². The molecule has 122 valence electrons. The lowest BCUT2D eigenvalue weighted by atomic mass is 10.1. The number of likely N-dealkylation sites (tertiary alicyclic amines) is 1. The fourth-order valence-corrected chi connectivity index (χ4v) is 2.70. The standard InChI is InChI=1S/C16H21N5O2/c22-16(6-9-21-13-17-12-19-21)20-8-3-5-15(10-20)23-11-14-4-1-2-7-18-14/h1-2,4,7,12-13,15H,3,5-6,8-11H2/t15-/m0/s1. The zero-order valence-electron chi connectivity index (χ0n) is 13.0. The van der Waals surface area contributed by atoms with Gasteiger partial charge in [0.1, 0.15) is 12.7 Å². The second-order valence-electron chi connectivity index (χ2n) is 5.64. The molecule has 2 aromatic heterocycles. The molecule has 2 aromatic rings. The van der Waals surface area contributed by atoms with E-state index in [0.29, 0.717) is 26.1 Å². The van der Waals surface area contributed by atoms with Crippen LogP contribution in [0, 0.1) is 0 Å². The van der Waals surface area contributed by atoms with Crippen molar-refractivity contribution in [2.24, 2.45) is 0 Å². The van der Waals surface area contributed by atoms with Gasteiger partial charge in [0, 0.05) is 25.7 Å². The molecule has 1 aliphatic rings. The van der Waals surface area contributed by atoms with Crippen LogP contribution in [0.3, 0.4) is 0 Å². The van der Waals surface area contributed by atoms with Crippen LogP contribution in [0.15, 0.2) is 37.1 Å². The fraction of sp³-hybridized carbons (Fsp3) is 0.500. The van der Waals surface area contributed by atoms with Gasteiger partial charge in [-0.05, 0) is 25.0 Å². The molecular formula is C16H21N5O2. The van der Waals surface area contributed by atoms with Crippen LogP contribution in [0.5, 0.6) is 0 Å². The molecule has 0 bridgehead atoms. The number of carbonyl (C=O) groups is 1. The molecule has 0 unspecified atom stereocenters. The Balaban J connectivity index is 1.44. The minimum absolute atomic E-state index is 0.0843. The quantitative estimate of drug-likeness (QED) is 0.802. The van der Waals surface area contributed by atoms with Crippen LogP contribution in [0.1, 0.15) is 25.0 Å². The van der Waals surface area contributed by atoms with Crippen molar-refractivity contribution in [2.45, 2.75) is 38.5 Å². The number of amides is 1. The molecule has 0 N–H and O–H groups in total. The van der Waals surface area contributed by atoms with E-state index >= 15 is 0 Å². The Kier molecular flexibility index (Phi) is 5.31. The van der Waals surface area contributed by atoms with Crippen LogP contribution in [0.4, 0.5) is 0 Å². The van der Waals surface area contributed by atoms with E-state index in [0.717, 1.165) is 25.1 Å². The highest BCUT2D eigenvalue weighted by Crippen LogP contribution is 2.15. The summed E-state index contributed by atoms with van der Waals surface area (Å²) < 4.78 is 7.59. The van der Waals surface area contributed by atoms with Gasteiger partial charge in [-0.1, -0.05) is 6.07 Å². The average Bonchev–Trinajstić information content (AvgIpc) is 3.12. The zero-order chi connectivity index (χ0) is 15.9. The lowest BCUT2D eigenvalue weighted by Crippen LogP contribution is -2.43. The van der Waals surface area contributed by atoms with Crippen molar-refractivity contribution in [2.75, 3.05) is 13.1 Å². The van der Waals surface area contributed by atoms with Crippen molar-refractivity contribution in [1.82, 2.24) is 24.6 Å². The number of aryl methyl sites for hydroxylation is 1. The van der Waals surface area contributed by atoms with Crippen LogP contribution in [0.25, 0.3) is 0 Å². The van der Waals surface area contributed by atoms with E-state index in [4.69, 9.17) is 4.74 Å². The summed E-state index contributed by atoms with van der Waals surface area (Å²) in [6.07, 6.45) is 7.35. The van der Waals surface area contributed by atoms with Crippen LogP contribution in [-0.4, -0.2) is 49.7 Å². The predicted octanol–water partition coefficient (Wildman–Crippen LogP) is 1.27. The van der Waals surface area contributed by atoms with E-state index in [-0.39, 0.29) is 12.0 Å². The van der Waals surface area contributed by atoms with Crippen LogP contribution < -0.4 is 0 Å². The van der Waals surface area contributed by atoms with Gasteiger partial charge in [0.15, 0.2) is 0 Å². The first-order valence-electron chi connectivity index (χ1n) is 7.93. The second-order valence-corrected chi connectivity index (χ2v) is 5.64. The van der Waals surface area contributed by atoms with Gasteiger partial charge in [-0.15, -0.1) is 0 Å². The van der Waals surface area contributed by atoms with Crippen molar-refractivity contribution in [3.8, 4) is 0 Å². The highest BCUT2D eigenvalue weighted by Gasteiger charge is 2.24. The third-order valence-corrected chi connectivity index (χ3v) is 3.95. The first kappa shape index (κ1) is 15.6. The summed E-state index contributed by atoms with van der Waals surface area (Å²) >= 11 is 0. The summed E-state index contributed by atoms with van der Waals surface area (Å²) in [5.74, 6) is 0.145. The molecule has 0 aromatic carbocycles. The minimum Gasteiger partial charge on any atom is -0.370 e. The van der Waals surface area contributed by atoms with Crippen LogP contribution in [-0.2, 0) is 22.7 Å². The fourth-order valence-electron chi connectivity index (χ4n) is 2.70. The molecule has 23 heavy (non-hydrogen) atoms.